The molecule has 32 heavy (non-hydrogen) atoms. The minimum absolute atomic E-state index is 0.144. The Morgan fingerprint density at radius 1 is 1.12 bits per heavy atom. The number of nitrogens with zero attached hydrogens (tertiary/aromatic N) is 1. The van der Waals surface area contributed by atoms with Crippen LogP contribution in [0.25, 0.3) is 0 Å². The molecule has 1 saturated carbocycles. The molecule has 0 unspecified atom stereocenters. The van der Waals surface area contributed by atoms with E-state index in [0.29, 0.717) is 23.6 Å². The minimum atomic E-state index is -0.365. The van der Waals surface area contributed by atoms with E-state index >= 15 is 0 Å². The van der Waals surface area contributed by atoms with Crippen LogP contribution in [-0.2, 0) is 28.9 Å². The fourth-order valence-electron chi connectivity index (χ4n) is 4.64. The van der Waals surface area contributed by atoms with E-state index in [1.54, 1.807) is 12.1 Å². The molecule has 0 bridgehead atoms. The third-order valence-corrected chi connectivity index (χ3v) is 7.01. The molecule has 0 atom stereocenters. The number of fused-ring (bicyclic) bond motifs is 1. The van der Waals surface area contributed by atoms with Crippen LogP contribution in [0.5, 0.6) is 0 Å². The second kappa shape index (κ2) is 9.45. The molecule has 2 aromatic rings. The number of carbonyl (C=O) groups excluding carboxylic acids is 2. The second-order valence-electron chi connectivity index (χ2n) is 9.10. The summed E-state index contributed by atoms with van der Waals surface area (Å²) in [6.45, 7) is 2.57. The molecule has 2 aromatic carbocycles. The van der Waals surface area contributed by atoms with E-state index in [2.05, 4.69) is 18.3 Å². The number of aliphatic imine (C=N–C) groups is 1. The lowest BCUT2D eigenvalue weighted by Gasteiger charge is -2.32. The lowest BCUT2D eigenvalue weighted by Crippen LogP contribution is -2.39. The third-order valence-electron chi connectivity index (χ3n) is 6.64. The van der Waals surface area contributed by atoms with Crippen LogP contribution in [0.2, 0.25) is 5.02 Å². The highest BCUT2D eigenvalue weighted by molar-refractivity contribution is 6.31. The van der Waals surface area contributed by atoms with Gasteiger partial charge in [-0.3, -0.25) is 9.79 Å². The van der Waals surface area contributed by atoms with E-state index in [9.17, 15) is 9.59 Å². The maximum absolute atomic E-state index is 12.8. The largest absolute Gasteiger partial charge is 0.465 e. The SMILES string of the molecule is COC(=O)c1ccc2c(c1)N=C(Cc1cc(CNC(=O)C3(C)CCCCC3)ccc1Cl)C2. The van der Waals surface area contributed by atoms with E-state index in [4.69, 9.17) is 21.3 Å². The Balaban J connectivity index is 1.43. The molecule has 4 rings (SSSR count). The van der Waals surface area contributed by atoms with Crippen molar-refractivity contribution in [3.05, 3.63) is 63.7 Å². The van der Waals surface area contributed by atoms with Gasteiger partial charge in [0, 0.05) is 35.5 Å². The average Bonchev–Trinajstić information content (AvgIpc) is 3.20. The number of rotatable bonds is 6. The Morgan fingerprint density at radius 3 is 2.66 bits per heavy atom. The number of benzene rings is 2. The lowest BCUT2D eigenvalue weighted by atomic mass is 9.75. The van der Waals surface area contributed by atoms with Crippen LogP contribution in [0, 0.1) is 5.41 Å². The summed E-state index contributed by atoms with van der Waals surface area (Å²) >= 11 is 6.47. The number of esters is 1. The van der Waals surface area contributed by atoms with E-state index in [0.717, 1.165) is 60.2 Å². The van der Waals surface area contributed by atoms with Gasteiger partial charge in [-0.1, -0.05) is 56.0 Å². The number of hydrogen-bond donors (Lipinski definition) is 1. The van der Waals surface area contributed by atoms with Gasteiger partial charge in [-0.2, -0.15) is 0 Å². The van der Waals surface area contributed by atoms with Gasteiger partial charge >= 0.3 is 5.97 Å². The maximum atomic E-state index is 12.8. The van der Waals surface area contributed by atoms with Gasteiger partial charge in [0.1, 0.15) is 0 Å². The first-order valence-corrected chi connectivity index (χ1v) is 11.6. The summed E-state index contributed by atoms with van der Waals surface area (Å²) in [5.41, 5.74) is 5.17. The van der Waals surface area contributed by atoms with Gasteiger partial charge in [0.05, 0.1) is 18.4 Å². The molecule has 1 heterocycles. The Hall–Kier alpha value is -2.66. The van der Waals surface area contributed by atoms with E-state index in [-0.39, 0.29) is 17.3 Å². The minimum Gasteiger partial charge on any atom is -0.465 e. The first-order valence-electron chi connectivity index (χ1n) is 11.2. The lowest BCUT2D eigenvalue weighted by molar-refractivity contribution is -0.132. The summed E-state index contributed by atoms with van der Waals surface area (Å²) in [5, 5.41) is 3.82. The molecule has 0 spiro atoms. The molecule has 5 nitrogen and oxygen atoms in total. The van der Waals surface area contributed by atoms with Gasteiger partial charge in [0.15, 0.2) is 0 Å². The topological polar surface area (TPSA) is 67.8 Å². The van der Waals surface area contributed by atoms with Gasteiger partial charge in [-0.15, -0.1) is 0 Å². The Bertz CT molecular complexity index is 1070. The van der Waals surface area contributed by atoms with Crippen molar-refractivity contribution in [2.45, 2.75) is 58.4 Å². The van der Waals surface area contributed by atoms with Gasteiger partial charge in [-0.25, -0.2) is 4.79 Å². The molecule has 0 aromatic heterocycles. The van der Waals surface area contributed by atoms with Crippen LogP contribution in [0.3, 0.4) is 0 Å². The monoisotopic (exact) mass is 452 g/mol. The van der Waals surface area contributed by atoms with Crippen molar-refractivity contribution in [2.75, 3.05) is 7.11 Å². The molecule has 1 fully saturated rings. The number of carbonyl (C=O) groups is 2. The Morgan fingerprint density at radius 2 is 1.91 bits per heavy atom. The predicted molar refractivity (Wildman–Crippen MR) is 127 cm³/mol. The number of amides is 1. The van der Waals surface area contributed by atoms with Gasteiger partial charge in [0.2, 0.25) is 5.91 Å². The van der Waals surface area contributed by atoms with Crippen molar-refractivity contribution in [2.24, 2.45) is 10.4 Å². The van der Waals surface area contributed by atoms with Crippen molar-refractivity contribution in [3.63, 3.8) is 0 Å². The van der Waals surface area contributed by atoms with Gasteiger partial charge < -0.3 is 10.1 Å². The standard InChI is InChI=1S/C26H29ClN2O3/c1-26(10-4-3-5-11-26)25(31)28-16-17-6-9-22(27)20(12-17)14-21-13-18-7-8-19(24(30)32-2)15-23(18)29-21/h6-9,12,15H,3-5,10-11,13-14,16H2,1-2H3,(H,28,31). The summed E-state index contributed by atoms with van der Waals surface area (Å²) < 4.78 is 4.80. The summed E-state index contributed by atoms with van der Waals surface area (Å²) in [4.78, 5) is 29.3. The quantitative estimate of drug-likeness (QED) is 0.581. The summed E-state index contributed by atoms with van der Waals surface area (Å²) in [6, 6.07) is 11.4. The predicted octanol–water partition coefficient (Wildman–Crippen LogP) is 5.58. The van der Waals surface area contributed by atoms with Crippen LogP contribution in [0.1, 0.15) is 66.1 Å². The maximum Gasteiger partial charge on any atom is 0.337 e. The Kier molecular flexibility index (Phi) is 6.66. The van der Waals surface area contributed by atoms with E-state index in [1.807, 2.05) is 18.2 Å². The van der Waals surface area contributed by atoms with Gasteiger partial charge in [0.25, 0.3) is 0 Å². The smallest absolute Gasteiger partial charge is 0.337 e. The van der Waals surface area contributed by atoms with Crippen molar-refractivity contribution < 1.29 is 14.3 Å². The highest BCUT2D eigenvalue weighted by atomic mass is 35.5. The molecule has 168 valence electrons. The molecule has 1 N–H and O–H groups in total. The number of hydrogen-bond acceptors (Lipinski definition) is 4. The molecular weight excluding hydrogens is 424 g/mol. The van der Waals surface area contributed by atoms with Crippen molar-refractivity contribution in [1.29, 1.82) is 0 Å². The highest BCUT2D eigenvalue weighted by Gasteiger charge is 2.34. The molecular formula is C26H29ClN2O3. The fraction of sp³-hybridized carbons (Fsp3) is 0.423. The fourth-order valence-corrected chi connectivity index (χ4v) is 4.83. The molecule has 2 aliphatic rings. The molecule has 1 aliphatic heterocycles. The summed E-state index contributed by atoms with van der Waals surface area (Å²) in [7, 11) is 1.37. The van der Waals surface area contributed by atoms with Crippen LogP contribution < -0.4 is 5.32 Å². The van der Waals surface area contributed by atoms with Crippen molar-refractivity contribution in [1.82, 2.24) is 5.32 Å². The van der Waals surface area contributed by atoms with E-state index in [1.165, 1.54) is 13.5 Å². The average molecular weight is 453 g/mol. The number of methoxy groups -OCH3 is 1. The van der Waals surface area contributed by atoms with Crippen LogP contribution in [0.4, 0.5) is 5.69 Å². The Labute approximate surface area is 194 Å². The molecule has 6 heteroatoms. The first-order chi connectivity index (χ1) is 15.4. The molecule has 1 aliphatic carbocycles. The number of halogens is 1. The van der Waals surface area contributed by atoms with Crippen molar-refractivity contribution in [3.8, 4) is 0 Å². The second-order valence-corrected chi connectivity index (χ2v) is 9.50. The van der Waals surface area contributed by atoms with Crippen LogP contribution in [0.15, 0.2) is 41.4 Å². The zero-order valence-electron chi connectivity index (χ0n) is 18.7. The van der Waals surface area contributed by atoms with Crippen LogP contribution in [-0.4, -0.2) is 24.7 Å². The number of ether oxygens (including phenoxy) is 1. The first kappa shape index (κ1) is 22.5. The highest BCUT2D eigenvalue weighted by Crippen LogP contribution is 2.36. The normalized spacial score (nSPS) is 16.8. The summed E-state index contributed by atoms with van der Waals surface area (Å²) in [5.74, 6) is -0.220. The zero-order chi connectivity index (χ0) is 22.7. The third kappa shape index (κ3) is 4.88. The molecule has 1 amide bonds. The molecule has 0 radical (unpaired) electrons. The van der Waals surface area contributed by atoms with E-state index < -0.39 is 0 Å². The number of nitrogens with one attached hydrogen (secondary N) is 1. The van der Waals surface area contributed by atoms with Gasteiger partial charge in [-0.05, 0) is 47.7 Å². The van der Waals surface area contributed by atoms with Crippen molar-refractivity contribution >= 4 is 34.9 Å². The zero-order valence-corrected chi connectivity index (χ0v) is 19.4. The van der Waals surface area contributed by atoms with Crippen LogP contribution >= 0.6 is 11.6 Å². The summed E-state index contributed by atoms with van der Waals surface area (Å²) in [6.07, 6.45) is 6.75. The molecule has 0 saturated heterocycles.